The van der Waals surface area contributed by atoms with Gasteiger partial charge in [-0.15, -0.1) is 0 Å². The number of carbonyl (C=O) groups is 1. The summed E-state index contributed by atoms with van der Waals surface area (Å²) < 4.78 is 23.7. The van der Waals surface area contributed by atoms with Crippen molar-refractivity contribution in [2.24, 2.45) is 0 Å². The fourth-order valence-electron chi connectivity index (χ4n) is 2.52. The molecule has 1 aromatic heterocycles. The van der Waals surface area contributed by atoms with Gasteiger partial charge >= 0.3 is 5.97 Å². The van der Waals surface area contributed by atoms with E-state index in [2.05, 4.69) is 9.72 Å². The van der Waals surface area contributed by atoms with Crippen LogP contribution < -0.4 is 9.64 Å². The highest BCUT2D eigenvalue weighted by Gasteiger charge is 2.10. The first-order valence-corrected chi connectivity index (χ1v) is 8.54. The van der Waals surface area contributed by atoms with Crippen LogP contribution in [0.5, 0.6) is 11.5 Å². The number of anilines is 2. The third-order valence-corrected chi connectivity index (χ3v) is 4.06. The van der Waals surface area contributed by atoms with Crippen molar-refractivity contribution < 1.29 is 18.7 Å². The van der Waals surface area contributed by atoms with Crippen molar-refractivity contribution in [3.63, 3.8) is 0 Å². The average molecular weight is 378 g/mol. The molecule has 142 valence electrons. The summed E-state index contributed by atoms with van der Waals surface area (Å²) in [5.74, 6) is 0.197. The largest absolute Gasteiger partial charge is 0.466 e. The average Bonchev–Trinajstić information content (AvgIpc) is 2.74. The van der Waals surface area contributed by atoms with E-state index in [9.17, 15) is 9.18 Å². The van der Waals surface area contributed by atoms with Gasteiger partial charge in [0, 0.05) is 30.6 Å². The predicted molar refractivity (Wildman–Crippen MR) is 106 cm³/mol. The van der Waals surface area contributed by atoms with Gasteiger partial charge in [-0.2, -0.15) is 0 Å². The molecule has 6 heteroatoms. The molecule has 0 aliphatic heterocycles. The Kier molecular flexibility index (Phi) is 6.01. The number of halogens is 1. The van der Waals surface area contributed by atoms with E-state index in [1.807, 2.05) is 36.2 Å². The molecule has 0 fully saturated rings. The Balaban J connectivity index is 1.95. The van der Waals surface area contributed by atoms with Crippen molar-refractivity contribution in [1.82, 2.24) is 4.98 Å². The summed E-state index contributed by atoms with van der Waals surface area (Å²) in [4.78, 5) is 17.6. The lowest BCUT2D eigenvalue weighted by Crippen LogP contribution is -2.09. The summed E-state index contributed by atoms with van der Waals surface area (Å²) in [5, 5.41) is 0. The fourth-order valence-corrected chi connectivity index (χ4v) is 2.52. The van der Waals surface area contributed by atoms with E-state index >= 15 is 0 Å². The Morgan fingerprint density at radius 3 is 2.57 bits per heavy atom. The summed E-state index contributed by atoms with van der Waals surface area (Å²) in [6.07, 6.45) is 6.40. The zero-order valence-corrected chi connectivity index (χ0v) is 15.5. The summed E-state index contributed by atoms with van der Waals surface area (Å²) in [6.45, 7) is 0. The molecule has 28 heavy (non-hydrogen) atoms. The number of carbonyl (C=O) groups excluding carboxylic acids is 1. The van der Waals surface area contributed by atoms with Crippen LogP contribution in [0.4, 0.5) is 15.8 Å². The van der Waals surface area contributed by atoms with Gasteiger partial charge in [0.15, 0.2) is 0 Å². The SMILES string of the molecule is COC(=O)/C=C/c1cc(N(C)c2cccnc2)ccc1Oc1ccc(F)cc1. The molecule has 0 aliphatic carbocycles. The van der Waals surface area contributed by atoms with E-state index in [0.29, 0.717) is 17.1 Å². The second-order valence-corrected chi connectivity index (χ2v) is 5.90. The number of hydrogen-bond acceptors (Lipinski definition) is 5. The van der Waals surface area contributed by atoms with Crippen LogP contribution in [-0.4, -0.2) is 25.1 Å². The van der Waals surface area contributed by atoms with E-state index in [1.54, 1.807) is 36.7 Å². The van der Waals surface area contributed by atoms with Gasteiger partial charge in [0.25, 0.3) is 0 Å². The lowest BCUT2D eigenvalue weighted by molar-refractivity contribution is -0.134. The second-order valence-electron chi connectivity index (χ2n) is 5.90. The van der Waals surface area contributed by atoms with E-state index < -0.39 is 5.97 Å². The van der Waals surface area contributed by atoms with Crippen LogP contribution in [0.15, 0.2) is 73.1 Å². The zero-order chi connectivity index (χ0) is 19.9. The van der Waals surface area contributed by atoms with Gasteiger partial charge in [-0.1, -0.05) is 0 Å². The topological polar surface area (TPSA) is 51.7 Å². The van der Waals surface area contributed by atoms with Crippen molar-refractivity contribution in [3.8, 4) is 11.5 Å². The highest BCUT2D eigenvalue weighted by atomic mass is 19.1. The molecule has 0 amide bonds. The molecule has 0 N–H and O–H groups in total. The van der Waals surface area contributed by atoms with Crippen LogP contribution in [0.25, 0.3) is 6.08 Å². The smallest absolute Gasteiger partial charge is 0.330 e. The Hall–Kier alpha value is -3.67. The van der Waals surface area contributed by atoms with Crippen molar-refractivity contribution in [2.45, 2.75) is 0 Å². The Morgan fingerprint density at radius 2 is 1.89 bits per heavy atom. The molecule has 0 bridgehead atoms. The number of pyridine rings is 1. The minimum absolute atomic E-state index is 0.341. The van der Waals surface area contributed by atoms with Crippen molar-refractivity contribution in [1.29, 1.82) is 0 Å². The third kappa shape index (κ3) is 4.73. The van der Waals surface area contributed by atoms with Gasteiger partial charge in [-0.05, 0) is 60.7 Å². The molecule has 0 unspecified atom stereocenters. The third-order valence-electron chi connectivity index (χ3n) is 4.06. The Morgan fingerprint density at radius 1 is 1.11 bits per heavy atom. The highest BCUT2D eigenvalue weighted by Crippen LogP contribution is 2.32. The van der Waals surface area contributed by atoms with Gasteiger partial charge in [-0.25, -0.2) is 9.18 Å². The van der Waals surface area contributed by atoms with E-state index in [0.717, 1.165) is 11.4 Å². The molecule has 0 radical (unpaired) electrons. The number of hydrogen-bond donors (Lipinski definition) is 0. The number of nitrogens with zero attached hydrogens (tertiary/aromatic N) is 2. The monoisotopic (exact) mass is 378 g/mol. The highest BCUT2D eigenvalue weighted by molar-refractivity contribution is 5.88. The number of ether oxygens (including phenoxy) is 2. The first-order chi connectivity index (χ1) is 13.6. The quantitative estimate of drug-likeness (QED) is 0.448. The molecule has 0 spiro atoms. The maximum atomic E-state index is 13.1. The van der Waals surface area contributed by atoms with E-state index in [1.165, 1.54) is 25.3 Å². The molecule has 3 aromatic rings. The minimum Gasteiger partial charge on any atom is -0.466 e. The van der Waals surface area contributed by atoms with Gasteiger partial charge < -0.3 is 14.4 Å². The molecule has 2 aromatic carbocycles. The second kappa shape index (κ2) is 8.81. The van der Waals surface area contributed by atoms with Gasteiger partial charge in [0.1, 0.15) is 17.3 Å². The Labute approximate surface area is 162 Å². The Bertz CT molecular complexity index is 973. The molecule has 0 saturated heterocycles. The van der Waals surface area contributed by atoms with E-state index in [-0.39, 0.29) is 5.82 Å². The van der Waals surface area contributed by atoms with Crippen molar-refractivity contribution >= 4 is 23.4 Å². The lowest BCUT2D eigenvalue weighted by Gasteiger charge is -2.20. The van der Waals surface area contributed by atoms with Gasteiger partial charge in [0.05, 0.1) is 19.0 Å². The molecular formula is C22H19FN2O3. The number of benzene rings is 2. The molecule has 1 heterocycles. The minimum atomic E-state index is -0.473. The molecule has 0 atom stereocenters. The van der Waals surface area contributed by atoms with Crippen molar-refractivity contribution in [3.05, 3.63) is 84.4 Å². The summed E-state index contributed by atoms with van der Waals surface area (Å²) in [5.41, 5.74) is 2.46. The van der Waals surface area contributed by atoms with Crippen LogP contribution >= 0.6 is 0 Å². The maximum absolute atomic E-state index is 13.1. The lowest BCUT2D eigenvalue weighted by atomic mass is 10.1. The number of rotatable bonds is 6. The summed E-state index contributed by atoms with van der Waals surface area (Å²) >= 11 is 0. The predicted octanol–water partition coefficient (Wildman–Crippen LogP) is 4.97. The van der Waals surface area contributed by atoms with Crippen LogP contribution in [0.3, 0.4) is 0 Å². The zero-order valence-electron chi connectivity index (χ0n) is 15.5. The van der Waals surface area contributed by atoms with E-state index in [4.69, 9.17) is 4.74 Å². The molecule has 5 nitrogen and oxygen atoms in total. The summed E-state index contributed by atoms with van der Waals surface area (Å²) in [6, 6.07) is 15.1. The normalized spacial score (nSPS) is 10.7. The first kappa shape index (κ1) is 19.1. The molecule has 0 aliphatic rings. The van der Waals surface area contributed by atoms with Crippen LogP contribution in [0.1, 0.15) is 5.56 Å². The fraction of sp³-hybridized carbons (Fsp3) is 0.0909. The van der Waals surface area contributed by atoms with Crippen LogP contribution in [0, 0.1) is 5.82 Å². The first-order valence-electron chi connectivity index (χ1n) is 8.54. The van der Waals surface area contributed by atoms with Crippen molar-refractivity contribution in [2.75, 3.05) is 19.1 Å². The van der Waals surface area contributed by atoms with Crippen LogP contribution in [-0.2, 0) is 9.53 Å². The number of esters is 1. The molecular weight excluding hydrogens is 359 g/mol. The van der Waals surface area contributed by atoms with Gasteiger partial charge in [-0.3, -0.25) is 4.98 Å². The molecule has 3 rings (SSSR count). The standard InChI is InChI=1S/C22H19FN2O3/c1-25(19-4-3-13-24-15-19)18-8-11-21(16(14-18)5-12-22(26)27-2)28-20-9-6-17(23)7-10-20/h3-15H,1-2H3/b12-5+. The van der Waals surface area contributed by atoms with Crippen LogP contribution in [0.2, 0.25) is 0 Å². The number of methoxy groups -OCH3 is 1. The summed E-state index contributed by atoms with van der Waals surface area (Å²) in [7, 11) is 3.23. The van der Waals surface area contributed by atoms with Gasteiger partial charge in [0.2, 0.25) is 0 Å². The number of aromatic nitrogens is 1. The molecule has 0 saturated carbocycles. The maximum Gasteiger partial charge on any atom is 0.330 e.